The summed E-state index contributed by atoms with van der Waals surface area (Å²) < 4.78 is 0. The lowest BCUT2D eigenvalue weighted by molar-refractivity contribution is -0.139. The molecule has 2 unspecified atom stereocenters. The summed E-state index contributed by atoms with van der Waals surface area (Å²) in [4.78, 5) is 94.6. The number of amides is 4. The molecule has 4 amide bonds. The second-order valence-corrected chi connectivity index (χ2v) is 25.7. The number of aromatic hydroxyl groups is 1. The fourth-order valence-corrected chi connectivity index (χ4v) is 11.2. The first-order valence-corrected chi connectivity index (χ1v) is 34.4. The van der Waals surface area contributed by atoms with Crippen molar-refractivity contribution in [3.63, 3.8) is 0 Å². The van der Waals surface area contributed by atoms with Crippen LogP contribution < -0.4 is 32.7 Å². The van der Waals surface area contributed by atoms with Crippen molar-refractivity contribution in [3.05, 3.63) is 81.2 Å². The lowest BCUT2D eigenvalue weighted by Gasteiger charge is -2.18. The number of aliphatic hydroxyl groups is 7. The second kappa shape index (κ2) is 54.3. The van der Waals surface area contributed by atoms with Crippen molar-refractivity contribution in [3.8, 4) is 5.75 Å². The summed E-state index contributed by atoms with van der Waals surface area (Å²) in [7, 11) is 0. The molecule has 0 radical (unpaired) electrons. The van der Waals surface area contributed by atoms with Crippen molar-refractivity contribution in [1.82, 2.24) is 26.3 Å². The molecule has 5 rings (SSSR count). The molecule has 542 valence electrons. The molecular formula is C66H111N7O19S3. The first-order chi connectivity index (χ1) is 45.0. The predicted octanol–water partition coefficient (Wildman–Crippen LogP) is 5.01. The average molecular weight is 1400 g/mol. The van der Waals surface area contributed by atoms with Gasteiger partial charge in [-0.3, -0.25) is 38.5 Å². The summed E-state index contributed by atoms with van der Waals surface area (Å²) in [6.07, 6.45) is 17.5. The highest BCUT2D eigenvalue weighted by Crippen LogP contribution is 2.34. The zero-order valence-corrected chi connectivity index (χ0v) is 58.9. The Bertz CT molecular complexity index is 2640. The molecule has 1 aliphatic carbocycles. The highest BCUT2D eigenvalue weighted by Gasteiger charge is 2.42. The molecule has 2 aromatic rings. The zero-order chi connectivity index (χ0) is 72.6. The van der Waals surface area contributed by atoms with E-state index in [9.17, 15) is 43.5 Å². The van der Waals surface area contributed by atoms with Crippen LogP contribution in [0.3, 0.4) is 0 Å². The van der Waals surface area contributed by atoms with E-state index in [0.717, 1.165) is 49.2 Å². The van der Waals surface area contributed by atoms with Gasteiger partial charge in [0.05, 0.1) is 57.4 Å². The SMILES string of the molecule is CC(=CCC1=C(C)C(=O)c2ccccc2C1=O)CCCC(C)CCCC(C)CCCC(C)C.Cc1ncc(CO)c(CO)c1O.NCCO.N[C@@H](CCC(=O)N[C@@H](CS)C(=O)NCC(=O)O)C(=O)O.O=C(O)CCCC[C@@H]1SC[C@@H]2NC(=O)N[C@@H]21.OCC(O)CO.OCCS. The van der Waals surface area contributed by atoms with Crippen LogP contribution in [0.2, 0.25) is 0 Å². The van der Waals surface area contributed by atoms with Crippen molar-refractivity contribution in [1.29, 1.82) is 0 Å². The van der Waals surface area contributed by atoms with Crippen molar-refractivity contribution in [2.75, 3.05) is 56.8 Å². The summed E-state index contributed by atoms with van der Waals surface area (Å²) in [6.45, 7) is 13.9. The molecule has 19 N–H and O–H groups in total. The van der Waals surface area contributed by atoms with E-state index in [2.05, 4.69) is 92.2 Å². The number of aliphatic hydroxyl groups excluding tert-OH is 7. The lowest BCUT2D eigenvalue weighted by Crippen LogP contribution is -2.49. The Hall–Kier alpha value is -5.70. The number of aromatic nitrogens is 1. The number of carboxylic acids is 3. The number of aryl methyl sites for hydroxylation is 1. The van der Waals surface area contributed by atoms with Gasteiger partial charge in [0.25, 0.3) is 0 Å². The zero-order valence-electron chi connectivity index (χ0n) is 56.3. The number of unbranched alkanes of at least 4 members (excludes halogenated alkanes) is 1. The third-order valence-corrected chi connectivity index (χ3v) is 17.1. The first-order valence-electron chi connectivity index (χ1n) is 32.1. The molecule has 0 spiro atoms. The molecule has 3 heterocycles. The van der Waals surface area contributed by atoms with E-state index in [1.165, 1.54) is 63.1 Å². The third kappa shape index (κ3) is 40.6. The number of benzene rings is 1. The predicted molar refractivity (Wildman–Crippen MR) is 374 cm³/mol. The van der Waals surface area contributed by atoms with Crippen LogP contribution in [-0.2, 0) is 37.2 Å². The molecule has 3 aliphatic rings. The largest absolute Gasteiger partial charge is 0.506 e. The number of carbonyl (C=O) groups is 8. The highest BCUT2D eigenvalue weighted by molar-refractivity contribution is 8.00. The van der Waals surface area contributed by atoms with Crippen molar-refractivity contribution in [2.45, 2.75) is 200 Å². The van der Waals surface area contributed by atoms with Gasteiger partial charge < -0.3 is 88.9 Å². The minimum Gasteiger partial charge on any atom is -0.506 e. The fourth-order valence-electron chi connectivity index (χ4n) is 9.36. The number of hydrogen-bond acceptors (Lipinski definition) is 22. The molecule has 1 aromatic carbocycles. The molecule has 1 aromatic heterocycles. The third-order valence-electron chi connectivity index (χ3n) is 15.0. The number of hydrogen-bond donors (Lipinski definition) is 19. The number of nitrogens with zero attached hydrogens (tertiary/aromatic N) is 1. The van der Waals surface area contributed by atoms with Crippen LogP contribution in [0.25, 0.3) is 0 Å². The van der Waals surface area contributed by atoms with Gasteiger partial charge in [0.2, 0.25) is 11.8 Å². The average Bonchev–Trinajstić information content (AvgIpc) is 1.38. The van der Waals surface area contributed by atoms with E-state index in [4.69, 9.17) is 62.5 Å². The van der Waals surface area contributed by atoms with Gasteiger partial charge in [-0.15, -0.1) is 0 Å². The molecule has 7 atom stereocenters. The van der Waals surface area contributed by atoms with Crippen LogP contribution in [0.5, 0.6) is 5.75 Å². The Morgan fingerprint density at radius 3 is 1.82 bits per heavy atom. The maximum Gasteiger partial charge on any atom is 0.322 e. The van der Waals surface area contributed by atoms with Gasteiger partial charge >= 0.3 is 23.9 Å². The van der Waals surface area contributed by atoms with E-state index in [1.54, 1.807) is 26.0 Å². The minimum atomic E-state index is -1.22. The molecular weight excluding hydrogens is 1290 g/mol. The molecule has 95 heavy (non-hydrogen) atoms. The van der Waals surface area contributed by atoms with Gasteiger partial charge in [0, 0.05) is 81.5 Å². The normalized spacial score (nSPS) is 16.4. The summed E-state index contributed by atoms with van der Waals surface area (Å²) in [5, 5.41) is 103. The Labute approximate surface area is 575 Å². The molecule has 0 bridgehead atoms. The summed E-state index contributed by atoms with van der Waals surface area (Å²) in [6, 6.07) is 5.47. The van der Waals surface area contributed by atoms with E-state index in [0.29, 0.717) is 63.1 Å². The summed E-state index contributed by atoms with van der Waals surface area (Å²) >= 11 is 9.41. The van der Waals surface area contributed by atoms with E-state index < -0.39 is 54.5 Å². The Kier molecular flexibility index (Phi) is 52.2. The second-order valence-electron chi connectivity index (χ2n) is 23.6. The van der Waals surface area contributed by atoms with Gasteiger partial charge in [0.1, 0.15) is 30.5 Å². The van der Waals surface area contributed by atoms with E-state index in [-0.39, 0.29) is 100 Å². The monoisotopic (exact) mass is 1400 g/mol. The number of rotatable bonds is 34. The number of carbonyl (C=O) groups excluding carboxylic acids is 5. The van der Waals surface area contributed by atoms with Crippen LogP contribution >= 0.6 is 37.0 Å². The number of ketones is 2. The Morgan fingerprint density at radius 2 is 1.34 bits per heavy atom. The van der Waals surface area contributed by atoms with Gasteiger partial charge in [-0.1, -0.05) is 115 Å². The Morgan fingerprint density at radius 1 is 0.768 bits per heavy atom. The lowest BCUT2D eigenvalue weighted by atomic mass is 9.83. The molecule has 2 saturated heterocycles. The van der Waals surface area contributed by atoms with Crippen molar-refractivity contribution in [2.24, 2.45) is 29.2 Å². The summed E-state index contributed by atoms with van der Waals surface area (Å²) in [5.74, 6) is -0.459. The molecule has 29 heteroatoms. The smallest absolute Gasteiger partial charge is 0.322 e. The van der Waals surface area contributed by atoms with Gasteiger partial charge in [-0.25, -0.2) is 4.79 Å². The van der Waals surface area contributed by atoms with Gasteiger partial charge in [0.15, 0.2) is 11.6 Å². The number of Topliss-reactive ketones (excluding diaryl/α,β-unsaturated/α-hetero) is 2. The Balaban J connectivity index is 0. The number of thioether (sulfide) groups is 1. The highest BCUT2D eigenvalue weighted by atomic mass is 32.2. The molecule has 2 aliphatic heterocycles. The molecule has 0 saturated carbocycles. The number of fused-ring (bicyclic) bond motifs is 2. The van der Waals surface area contributed by atoms with Crippen LogP contribution in [0.1, 0.15) is 182 Å². The number of aliphatic carboxylic acids is 3. The van der Waals surface area contributed by atoms with Crippen LogP contribution in [0.4, 0.5) is 4.79 Å². The first kappa shape index (κ1) is 91.4. The maximum atomic E-state index is 12.9. The summed E-state index contributed by atoms with van der Waals surface area (Å²) in [5.41, 5.74) is 15.0. The maximum absolute atomic E-state index is 12.9. The number of carboxylic acid groups (broad SMARTS) is 3. The van der Waals surface area contributed by atoms with Crippen molar-refractivity contribution >= 4 is 84.3 Å². The fraction of sp³-hybridized carbons (Fsp3) is 0.652. The number of thiol groups is 2. The van der Waals surface area contributed by atoms with Crippen LogP contribution in [-0.4, -0.2) is 201 Å². The quantitative estimate of drug-likeness (QED) is 0.0189. The standard InChI is InChI=1S/C31H46O2.C10H17N3O6S.C10H16N2O3S.C8H11NO3.C3H8O3.C2H7NO.C2H6OS/c1-22(2)12-9-13-23(3)14-10-15-24(4)16-11-17-25(5)20-21-27-26(6)30(32)28-18-7-8-19-29(28)31(27)33;11-5(10(18)19)1-2-7(14)13-6(4-20)9(17)12-3-8(15)16;13-8(14)4-2-1-3-7-9-6(5-16-7)11-10(15)12-9;1-5-8(12)7(4-11)6(3-10)2-9-5;4-1-3(6)2-5;2*3-1-2-4/h7-8,18-20,22-24H,9-17,21H2,1-6H3;5-6,20H,1-4,11H2,(H,12,17)(H,13,14)(H,15,16)(H,18,19);6-7,9H,1-5H2,(H,13,14)(H2,11,12,15);2,10-12H,3-4H2,1H3;3-6H,1-2H2;4H,1-3H2;3-4H,1-2H2/t;5-,6-;6-,7-,9-;;;;/m.00..../s1. The van der Waals surface area contributed by atoms with Crippen molar-refractivity contribution < 1.29 is 94.5 Å². The number of nitrogens with one attached hydrogen (secondary N) is 4. The number of urea groups is 1. The minimum absolute atomic E-state index is 0.00526. The number of allylic oxidation sites excluding steroid dienone is 4. The number of nitrogens with two attached hydrogens (primary N) is 2. The van der Waals surface area contributed by atoms with Gasteiger partial charge in [-0.05, 0) is 77.0 Å². The van der Waals surface area contributed by atoms with Crippen LogP contribution in [0, 0.1) is 24.7 Å². The molecule has 2 fully saturated rings. The number of pyridine rings is 1. The van der Waals surface area contributed by atoms with Gasteiger partial charge in [-0.2, -0.15) is 37.0 Å². The van der Waals surface area contributed by atoms with E-state index >= 15 is 0 Å². The van der Waals surface area contributed by atoms with E-state index in [1.807, 2.05) is 23.9 Å². The topological polar surface area (TPSA) is 472 Å². The van der Waals surface area contributed by atoms with Crippen LogP contribution in [0.15, 0.2) is 53.3 Å². The molecule has 26 nitrogen and oxygen atoms in total.